The number of halogens is 1. The highest BCUT2D eigenvalue weighted by Crippen LogP contribution is 2.18. The number of benzene rings is 2. The van der Waals surface area contributed by atoms with E-state index in [1.54, 1.807) is 30.3 Å². The van der Waals surface area contributed by atoms with Crippen molar-refractivity contribution < 1.29 is 9.00 Å². The first kappa shape index (κ1) is 16.7. The molecule has 0 aromatic heterocycles. The summed E-state index contributed by atoms with van der Waals surface area (Å²) >= 11 is 6.13. The van der Waals surface area contributed by atoms with E-state index < -0.39 is 10.8 Å². The molecular weight excluding hydrogens is 318 g/mol. The van der Waals surface area contributed by atoms with E-state index in [4.69, 9.17) is 11.6 Å². The Labute approximate surface area is 138 Å². The molecule has 2 aromatic carbocycles. The fourth-order valence-electron chi connectivity index (χ4n) is 2.20. The van der Waals surface area contributed by atoms with Crippen LogP contribution in [-0.4, -0.2) is 28.3 Å². The van der Waals surface area contributed by atoms with E-state index in [-0.39, 0.29) is 5.91 Å². The quantitative estimate of drug-likeness (QED) is 0.838. The highest BCUT2D eigenvalue weighted by molar-refractivity contribution is 7.83. The number of rotatable bonds is 5. The maximum atomic E-state index is 12.5. The first-order chi connectivity index (χ1) is 10.5. The van der Waals surface area contributed by atoms with Crippen LogP contribution in [0, 0.1) is 0 Å². The van der Waals surface area contributed by atoms with Crippen LogP contribution in [-0.2, 0) is 23.1 Å². The van der Waals surface area contributed by atoms with Crippen molar-refractivity contribution in [3.63, 3.8) is 0 Å². The Hall–Kier alpha value is -1.65. The van der Waals surface area contributed by atoms with Crippen LogP contribution in [0.1, 0.15) is 21.5 Å². The molecule has 0 saturated heterocycles. The van der Waals surface area contributed by atoms with Crippen LogP contribution in [0.5, 0.6) is 0 Å². The molecule has 0 fully saturated rings. The van der Waals surface area contributed by atoms with Gasteiger partial charge in [-0.25, -0.2) is 0 Å². The predicted molar refractivity (Wildman–Crippen MR) is 91.5 cm³/mol. The molecule has 0 aliphatic carbocycles. The summed E-state index contributed by atoms with van der Waals surface area (Å²) in [6.45, 7) is 0.447. The minimum Gasteiger partial charge on any atom is -0.337 e. The van der Waals surface area contributed by atoms with Gasteiger partial charge in [0.25, 0.3) is 5.91 Å². The molecule has 1 unspecified atom stereocenters. The zero-order valence-electron chi connectivity index (χ0n) is 12.6. The average Bonchev–Trinajstić information content (AvgIpc) is 2.48. The average molecular weight is 336 g/mol. The number of hydrogen-bond donors (Lipinski definition) is 0. The van der Waals surface area contributed by atoms with E-state index >= 15 is 0 Å². The van der Waals surface area contributed by atoms with Crippen molar-refractivity contribution in [3.8, 4) is 0 Å². The van der Waals surface area contributed by atoms with Crippen molar-refractivity contribution in [2.75, 3.05) is 13.3 Å². The fraction of sp³-hybridized carbons (Fsp3) is 0.235. The SMILES string of the molecule is CN(Cc1ccccc1Cl)C(=O)c1cccc(CS(C)=O)c1. The Morgan fingerprint density at radius 1 is 1.18 bits per heavy atom. The van der Waals surface area contributed by atoms with Crippen LogP contribution in [0.4, 0.5) is 0 Å². The Balaban J connectivity index is 2.13. The van der Waals surface area contributed by atoms with Crippen LogP contribution in [0.2, 0.25) is 5.02 Å². The van der Waals surface area contributed by atoms with Gasteiger partial charge in [0.05, 0.1) is 0 Å². The summed E-state index contributed by atoms with van der Waals surface area (Å²) in [7, 11) is 0.821. The van der Waals surface area contributed by atoms with Gasteiger partial charge >= 0.3 is 0 Å². The number of nitrogens with zero attached hydrogens (tertiary/aromatic N) is 1. The molecule has 0 heterocycles. The van der Waals surface area contributed by atoms with Gasteiger partial charge in [0.2, 0.25) is 0 Å². The molecule has 1 atom stereocenters. The standard InChI is InChI=1S/C17H18ClNO2S/c1-19(11-15-7-3-4-9-16(15)18)17(20)14-8-5-6-13(10-14)12-22(2)21/h3-10H,11-12H2,1-2H3. The lowest BCUT2D eigenvalue weighted by Gasteiger charge is -2.18. The molecular formula is C17H18ClNO2S. The summed E-state index contributed by atoms with van der Waals surface area (Å²) in [6, 6.07) is 14.7. The first-order valence-electron chi connectivity index (χ1n) is 6.85. The van der Waals surface area contributed by atoms with E-state index in [2.05, 4.69) is 0 Å². The molecule has 1 amide bonds. The normalized spacial score (nSPS) is 12.0. The zero-order valence-corrected chi connectivity index (χ0v) is 14.2. The Morgan fingerprint density at radius 3 is 2.59 bits per heavy atom. The van der Waals surface area contributed by atoms with Gasteiger partial charge < -0.3 is 4.90 Å². The summed E-state index contributed by atoms with van der Waals surface area (Å²) < 4.78 is 11.3. The van der Waals surface area contributed by atoms with Crippen LogP contribution in [0.15, 0.2) is 48.5 Å². The predicted octanol–water partition coefficient (Wildman–Crippen LogP) is 3.49. The Bertz CT molecular complexity index is 703. The molecule has 2 aromatic rings. The summed E-state index contributed by atoms with van der Waals surface area (Å²) in [5, 5.41) is 0.650. The molecule has 5 heteroatoms. The van der Waals surface area contributed by atoms with E-state index in [1.807, 2.05) is 36.4 Å². The van der Waals surface area contributed by atoms with Gasteiger partial charge in [0.1, 0.15) is 0 Å². The monoisotopic (exact) mass is 335 g/mol. The third-order valence-electron chi connectivity index (χ3n) is 3.26. The number of amides is 1. The summed E-state index contributed by atoms with van der Waals surface area (Å²) in [4.78, 5) is 14.1. The van der Waals surface area contributed by atoms with Crippen molar-refractivity contribution in [1.82, 2.24) is 4.90 Å². The molecule has 0 saturated carbocycles. The Morgan fingerprint density at radius 2 is 1.91 bits per heavy atom. The zero-order chi connectivity index (χ0) is 16.1. The second-order valence-electron chi connectivity index (χ2n) is 5.17. The van der Waals surface area contributed by atoms with Gasteiger partial charge in [0.15, 0.2) is 0 Å². The van der Waals surface area contributed by atoms with Gasteiger partial charge in [-0.2, -0.15) is 0 Å². The van der Waals surface area contributed by atoms with Crippen molar-refractivity contribution in [3.05, 3.63) is 70.2 Å². The number of hydrogen-bond acceptors (Lipinski definition) is 2. The molecule has 2 rings (SSSR count). The highest BCUT2D eigenvalue weighted by Gasteiger charge is 2.13. The molecule has 116 valence electrons. The van der Waals surface area contributed by atoms with E-state index in [9.17, 15) is 9.00 Å². The van der Waals surface area contributed by atoms with E-state index in [0.717, 1.165) is 11.1 Å². The Kier molecular flexibility index (Phi) is 5.75. The van der Waals surface area contributed by atoms with E-state index in [0.29, 0.717) is 22.9 Å². The highest BCUT2D eigenvalue weighted by atomic mass is 35.5. The van der Waals surface area contributed by atoms with Crippen molar-refractivity contribution >= 4 is 28.3 Å². The van der Waals surface area contributed by atoms with Crippen molar-refractivity contribution in [2.45, 2.75) is 12.3 Å². The first-order valence-corrected chi connectivity index (χ1v) is 8.95. The van der Waals surface area contributed by atoms with Crippen LogP contribution in [0.3, 0.4) is 0 Å². The molecule has 22 heavy (non-hydrogen) atoms. The minimum absolute atomic E-state index is 0.0799. The van der Waals surface area contributed by atoms with Crippen molar-refractivity contribution in [1.29, 1.82) is 0 Å². The summed E-state index contributed by atoms with van der Waals surface area (Å²) in [5.41, 5.74) is 2.40. The largest absolute Gasteiger partial charge is 0.337 e. The summed E-state index contributed by atoms with van der Waals surface area (Å²) in [6.07, 6.45) is 1.65. The maximum Gasteiger partial charge on any atom is 0.253 e. The third kappa shape index (κ3) is 4.42. The van der Waals surface area contributed by atoms with Gasteiger partial charge in [-0.15, -0.1) is 0 Å². The lowest BCUT2D eigenvalue weighted by atomic mass is 10.1. The molecule has 0 aliphatic heterocycles. The molecule has 0 radical (unpaired) electrons. The lowest BCUT2D eigenvalue weighted by molar-refractivity contribution is 0.0785. The smallest absolute Gasteiger partial charge is 0.253 e. The number of carbonyl (C=O) groups is 1. The van der Waals surface area contributed by atoms with Gasteiger partial charge in [-0.3, -0.25) is 9.00 Å². The van der Waals surface area contributed by atoms with E-state index in [1.165, 1.54) is 0 Å². The minimum atomic E-state index is -0.926. The lowest BCUT2D eigenvalue weighted by Crippen LogP contribution is -2.26. The second kappa shape index (κ2) is 7.56. The maximum absolute atomic E-state index is 12.5. The van der Waals surface area contributed by atoms with Gasteiger partial charge in [-0.1, -0.05) is 41.9 Å². The van der Waals surface area contributed by atoms with Gasteiger partial charge in [0, 0.05) is 47.0 Å². The topological polar surface area (TPSA) is 37.4 Å². The van der Waals surface area contributed by atoms with Gasteiger partial charge in [-0.05, 0) is 29.3 Å². The molecule has 0 aliphatic rings. The fourth-order valence-corrected chi connectivity index (χ4v) is 3.05. The molecule has 3 nitrogen and oxygen atoms in total. The third-order valence-corrected chi connectivity index (χ3v) is 4.36. The van der Waals surface area contributed by atoms with Crippen LogP contribution >= 0.6 is 11.6 Å². The van der Waals surface area contributed by atoms with Crippen molar-refractivity contribution in [2.24, 2.45) is 0 Å². The van der Waals surface area contributed by atoms with Crippen LogP contribution in [0.25, 0.3) is 0 Å². The summed E-state index contributed by atoms with van der Waals surface area (Å²) in [5.74, 6) is 0.374. The van der Waals surface area contributed by atoms with Crippen LogP contribution < -0.4 is 0 Å². The molecule has 0 spiro atoms. The second-order valence-corrected chi connectivity index (χ2v) is 7.01. The number of carbonyl (C=O) groups excluding carboxylic acids is 1. The molecule has 0 N–H and O–H groups in total. The molecule has 0 bridgehead atoms.